The third-order valence-electron chi connectivity index (χ3n) is 1.52. The highest BCUT2D eigenvalue weighted by atomic mass is 127. The molecule has 4 heteroatoms. The smallest absolute Gasteiger partial charge is 0.266 e. The summed E-state index contributed by atoms with van der Waals surface area (Å²) in [7, 11) is 0. The van der Waals surface area contributed by atoms with E-state index >= 15 is 0 Å². The van der Waals surface area contributed by atoms with Crippen LogP contribution in [-0.2, 0) is 4.79 Å². The monoisotopic (exact) mass is 290 g/mol. The van der Waals surface area contributed by atoms with Crippen molar-refractivity contribution in [2.24, 2.45) is 5.41 Å². The fraction of sp³-hybridized carbons (Fsp3) is 0.444. The van der Waals surface area contributed by atoms with Crippen LogP contribution < -0.4 is 5.32 Å². The minimum absolute atomic E-state index is 0.0143. The molecule has 0 aromatic heterocycles. The van der Waals surface area contributed by atoms with Crippen LogP contribution >= 0.6 is 20.7 Å². The number of carbonyl (C=O) groups is 1. The molecule has 1 amide bonds. The first-order chi connectivity index (χ1) is 5.95. The molecule has 1 rings (SSSR count). The number of hydrogen-bond acceptors (Lipinski definition) is 2. The molecule has 3 nitrogen and oxygen atoms in total. The van der Waals surface area contributed by atoms with Crippen LogP contribution in [0.25, 0.3) is 0 Å². The van der Waals surface area contributed by atoms with E-state index in [9.17, 15) is 4.79 Å². The summed E-state index contributed by atoms with van der Waals surface area (Å²) in [5.41, 5.74) is 0.279. The van der Waals surface area contributed by atoms with Gasteiger partial charge in [0.2, 0.25) is 0 Å². The van der Waals surface area contributed by atoms with Crippen molar-refractivity contribution >= 4 is 30.3 Å². The van der Waals surface area contributed by atoms with E-state index in [2.05, 4.69) is 26.1 Å². The lowest BCUT2D eigenvalue weighted by Crippen LogP contribution is -2.39. The van der Waals surface area contributed by atoms with E-state index in [0.29, 0.717) is 0 Å². The number of nitrogens with zero attached hydrogens (tertiary/aromatic N) is 1. The van der Waals surface area contributed by atoms with Crippen LogP contribution in [0.1, 0.15) is 20.8 Å². The number of rotatable bonds is 0. The zero-order valence-corrected chi connectivity index (χ0v) is 9.97. The van der Waals surface area contributed by atoms with Gasteiger partial charge >= 0.3 is 0 Å². The molecule has 0 unspecified atom stereocenters. The van der Waals surface area contributed by atoms with Gasteiger partial charge in [-0.25, -0.2) is 0 Å². The molecule has 0 spiro atoms. The maximum absolute atomic E-state index is 11.3. The lowest BCUT2D eigenvalue weighted by atomic mass is 9.97. The van der Waals surface area contributed by atoms with Crippen molar-refractivity contribution in [1.82, 2.24) is 5.32 Å². The average molecular weight is 290 g/mol. The summed E-state index contributed by atoms with van der Waals surface area (Å²) < 4.78 is 2.87. The van der Waals surface area contributed by atoms with Crippen molar-refractivity contribution in [1.29, 1.82) is 5.26 Å². The minimum Gasteiger partial charge on any atom is -0.319 e. The number of halogens is 1. The average Bonchev–Trinajstić information content (AvgIpc) is 2.02. The zero-order chi connectivity index (χ0) is 10.1. The molecule has 1 N–H and O–H groups in total. The fourth-order valence-corrected chi connectivity index (χ4v) is 3.16. The number of carbonyl (C=O) groups excluding carboxylic acids is 1. The molecule has 1 heterocycles. The third kappa shape index (κ3) is 2.37. The maximum atomic E-state index is 11.3. The molecule has 1 aliphatic heterocycles. The molecule has 0 atom stereocenters. The summed E-state index contributed by atoms with van der Waals surface area (Å²) in [4.78, 5) is 11.3. The van der Waals surface area contributed by atoms with E-state index in [1.165, 1.54) is 0 Å². The van der Waals surface area contributed by atoms with Gasteiger partial charge in [-0.15, -0.1) is 0 Å². The van der Waals surface area contributed by atoms with Crippen molar-refractivity contribution in [2.75, 3.05) is 0 Å². The molecule has 0 radical (unpaired) electrons. The Kier molecular flexibility index (Phi) is 2.86. The molecule has 1 aliphatic rings. The van der Waals surface area contributed by atoms with Crippen molar-refractivity contribution in [3.63, 3.8) is 0 Å². The number of amides is 1. The molecular weight excluding hydrogens is 279 g/mol. The first-order valence-electron chi connectivity index (χ1n) is 3.87. The van der Waals surface area contributed by atoms with Crippen LogP contribution in [0.5, 0.6) is 0 Å². The van der Waals surface area contributed by atoms with Crippen LogP contribution in [0.15, 0.2) is 9.66 Å². The Morgan fingerprint density at radius 1 is 1.54 bits per heavy atom. The molecule has 0 saturated carbocycles. The van der Waals surface area contributed by atoms with Gasteiger partial charge in [-0.05, 0) is 4.08 Å². The highest BCUT2D eigenvalue weighted by Gasteiger charge is 2.23. The summed E-state index contributed by atoms with van der Waals surface area (Å²) in [6.07, 6.45) is 0. The predicted molar refractivity (Wildman–Crippen MR) is 60.3 cm³/mol. The largest absolute Gasteiger partial charge is 0.319 e. The molecule has 13 heavy (non-hydrogen) atoms. The van der Waals surface area contributed by atoms with Crippen molar-refractivity contribution in [2.45, 2.75) is 20.8 Å². The van der Waals surface area contributed by atoms with Crippen LogP contribution in [0, 0.1) is 16.7 Å². The van der Waals surface area contributed by atoms with Gasteiger partial charge in [0.05, 0.1) is 3.63 Å². The molecule has 0 fully saturated rings. The van der Waals surface area contributed by atoms with E-state index in [-0.39, 0.29) is 37.6 Å². The zero-order valence-electron chi connectivity index (χ0n) is 7.81. The Balaban J connectivity index is 2.99. The van der Waals surface area contributed by atoms with E-state index in [4.69, 9.17) is 5.26 Å². The van der Waals surface area contributed by atoms with Gasteiger partial charge in [0.15, 0.2) is 0 Å². The standard InChI is InChI=1S/C9H11IN2O/c1-9(2,3)8-10-4-6(5-11)7(13)12-8/h4H,1-3H3,(H,12,13). The van der Waals surface area contributed by atoms with E-state index in [1.807, 2.05) is 6.07 Å². The van der Waals surface area contributed by atoms with Gasteiger partial charge in [-0.1, -0.05) is 41.5 Å². The summed E-state index contributed by atoms with van der Waals surface area (Å²) in [5.74, 6) is -0.252. The first-order valence-corrected chi connectivity index (χ1v) is 6.20. The summed E-state index contributed by atoms with van der Waals surface area (Å²) in [6, 6.07) is 1.89. The van der Waals surface area contributed by atoms with Crippen LogP contribution in [0.4, 0.5) is 0 Å². The number of nitriles is 1. The van der Waals surface area contributed by atoms with Gasteiger partial charge in [0.1, 0.15) is 11.6 Å². The second-order valence-electron chi connectivity index (χ2n) is 3.76. The Hall–Kier alpha value is -0.700. The fourth-order valence-electron chi connectivity index (χ4n) is 0.779. The minimum atomic E-state index is -0.315. The molecule has 0 aromatic carbocycles. The SMILES string of the molecule is CC(C)(C)C1=IC=C(C#N)C(=O)N1. The normalized spacial score (nSPS) is 17.5. The topological polar surface area (TPSA) is 52.9 Å². The Morgan fingerprint density at radius 2 is 2.15 bits per heavy atom. The van der Waals surface area contributed by atoms with E-state index in [1.54, 1.807) is 4.08 Å². The Labute approximate surface area is 87.6 Å². The van der Waals surface area contributed by atoms with Crippen molar-refractivity contribution in [3.05, 3.63) is 9.66 Å². The lowest BCUT2D eigenvalue weighted by Gasteiger charge is -2.24. The Morgan fingerprint density at radius 3 is 2.54 bits per heavy atom. The third-order valence-corrected chi connectivity index (χ3v) is 4.96. The maximum Gasteiger partial charge on any atom is 0.266 e. The lowest BCUT2D eigenvalue weighted by molar-refractivity contribution is -0.115. The highest BCUT2D eigenvalue weighted by Crippen LogP contribution is 2.24. The van der Waals surface area contributed by atoms with Gasteiger partial charge in [0.25, 0.3) is 5.91 Å². The van der Waals surface area contributed by atoms with Crippen LogP contribution in [0.3, 0.4) is 0 Å². The van der Waals surface area contributed by atoms with Crippen LogP contribution in [-0.4, -0.2) is 9.54 Å². The highest BCUT2D eigenvalue weighted by molar-refractivity contribution is 14.2. The molecular formula is C9H11IN2O. The molecule has 0 bridgehead atoms. The van der Waals surface area contributed by atoms with Gasteiger partial charge in [0, 0.05) is 5.41 Å². The van der Waals surface area contributed by atoms with E-state index < -0.39 is 0 Å². The number of nitrogens with one attached hydrogen (secondary N) is 1. The predicted octanol–water partition coefficient (Wildman–Crippen LogP) is 1.67. The summed E-state index contributed by atoms with van der Waals surface area (Å²) in [6.45, 7) is 6.19. The molecule has 0 saturated heterocycles. The van der Waals surface area contributed by atoms with E-state index in [0.717, 1.165) is 3.63 Å². The summed E-state index contributed by atoms with van der Waals surface area (Å²) in [5, 5.41) is 11.4. The van der Waals surface area contributed by atoms with Crippen molar-refractivity contribution < 1.29 is 4.79 Å². The number of hydrogen-bond donors (Lipinski definition) is 1. The van der Waals surface area contributed by atoms with Gasteiger partial charge in [-0.3, -0.25) is 4.79 Å². The van der Waals surface area contributed by atoms with Crippen molar-refractivity contribution in [3.8, 4) is 6.07 Å². The van der Waals surface area contributed by atoms with Crippen LogP contribution in [0.2, 0.25) is 0 Å². The molecule has 70 valence electrons. The molecule has 0 aromatic rings. The van der Waals surface area contributed by atoms with Gasteiger partial charge < -0.3 is 5.32 Å². The first kappa shape index (κ1) is 10.4. The molecule has 0 aliphatic carbocycles. The summed E-state index contributed by atoms with van der Waals surface area (Å²) >= 11 is -0.315. The van der Waals surface area contributed by atoms with Gasteiger partial charge in [-0.2, -0.15) is 5.26 Å². The second kappa shape index (κ2) is 3.58. The Bertz CT molecular complexity index is 342. The second-order valence-corrected chi connectivity index (χ2v) is 6.09. The quantitative estimate of drug-likeness (QED) is 0.690.